The van der Waals surface area contributed by atoms with Gasteiger partial charge in [0.2, 0.25) is 0 Å². The normalized spacial score (nSPS) is 11.5. The number of carboxylic acid groups (broad SMARTS) is 1. The minimum absolute atomic E-state index is 0. The van der Waals surface area contributed by atoms with Gasteiger partial charge in [0.05, 0.1) is 0 Å². The molecule has 1 atom stereocenters. The molecule has 76 valence electrons. The van der Waals surface area contributed by atoms with Gasteiger partial charge in [-0.05, 0) is 24.1 Å². The number of rotatable bonds is 3. The van der Waals surface area contributed by atoms with E-state index in [-0.39, 0.29) is 29.2 Å². The molecule has 0 aliphatic carbocycles. The van der Waals surface area contributed by atoms with E-state index in [1.54, 1.807) is 12.1 Å². The van der Waals surface area contributed by atoms with Gasteiger partial charge >= 0.3 is 5.97 Å². The molecular weight excluding hydrogens is 249 g/mol. The van der Waals surface area contributed by atoms with Crippen molar-refractivity contribution in [2.45, 2.75) is 12.5 Å². The fourth-order valence-corrected chi connectivity index (χ4v) is 0.973. The Hall–Kier alpha value is -1.03. The standard InChI is InChI=1S/C9H11NO3.Se/c10-8(9(12)13)5-6-1-3-7(11)4-2-6;/h1-4,8,11H,5,10H2,(H,12,13);/t8-;/m0./s1. The van der Waals surface area contributed by atoms with Gasteiger partial charge in [0.15, 0.2) is 0 Å². The monoisotopic (exact) mass is 261 g/mol. The molecule has 0 bridgehead atoms. The fourth-order valence-electron chi connectivity index (χ4n) is 0.973. The van der Waals surface area contributed by atoms with E-state index in [1.807, 2.05) is 0 Å². The first kappa shape index (κ1) is 13.0. The van der Waals surface area contributed by atoms with Crippen LogP contribution in [0.1, 0.15) is 5.56 Å². The average molecular weight is 260 g/mol. The van der Waals surface area contributed by atoms with Crippen LogP contribution in [0.2, 0.25) is 0 Å². The van der Waals surface area contributed by atoms with Crippen molar-refractivity contribution in [1.29, 1.82) is 0 Å². The molecule has 4 nitrogen and oxygen atoms in total. The summed E-state index contributed by atoms with van der Waals surface area (Å²) in [6.07, 6.45) is 0.273. The fraction of sp³-hybridized carbons (Fsp3) is 0.222. The summed E-state index contributed by atoms with van der Waals surface area (Å²) in [5.41, 5.74) is 6.12. The molecule has 1 aromatic rings. The summed E-state index contributed by atoms with van der Waals surface area (Å²) in [7, 11) is 0. The van der Waals surface area contributed by atoms with Crippen LogP contribution < -0.4 is 5.73 Å². The first-order valence-corrected chi connectivity index (χ1v) is 3.86. The molecule has 0 unspecified atom stereocenters. The Morgan fingerprint density at radius 2 is 1.86 bits per heavy atom. The van der Waals surface area contributed by atoms with Crippen LogP contribution in [0.3, 0.4) is 0 Å². The van der Waals surface area contributed by atoms with Gasteiger partial charge in [-0.3, -0.25) is 4.79 Å². The van der Waals surface area contributed by atoms with Crippen molar-refractivity contribution in [2.75, 3.05) is 0 Å². The van der Waals surface area contributed by atoms with Crippen LogP contribution in [0.15, 0.2) is 24.3 Å². The second kappa shape index (κ2) is 5.65. The van der Waals surface area contributed by atoms with Gasteiger partial charge in [-0.1, -0.05) is 12.1 Å². The van der Waals surface area contributed by atoms with Gasteiger partial charge in [0, 0.05) is 17.1 Å². The third-order valence-corrected chi connectivity index (χ3v) is 1.71. The van der Waals surface area contributed by atoms with E-state index in [1.165, 1.54) is 12.1 Å². The summed E-state index contributed by atoms with van der Waals surface area (Å²) >= 11 is 0. The van der Waals surface area contributed by atoms with Crippen LogP contribution in [0, 0.1) is 0 Å². The number of aliphatic carboxylic acids is 1. The molecule has 1 rings (SSSR count). The van der Waals surface area contributed by atoms with Gasteiger partial charge in [-0.15, -0.1) is 0 Å². The van der Waals surface area contributed by atoms with E-state index in [9.17, 15) is 4.79 Å². The Bertz CT molecular complexity index is 299. The van der Waals surface area contributed by atoms with Crippen LogP contribution in [-0.4, -0.2) is 39.3 Å². The largest absolute Gasteiger partial charge is 0.508 e. The van der Waals surface area contributed by atoms with Crippen molar-refractivity contribution >= 4 is 23.0 Å². The molecule has 0 saturated heterocycles. The first-order chi connectivity index (χ1) is 6.09. The molecule has 2 radical (unpaired) electrons. The third kappa shape index (κ3) is 3.79. The van der Waals surface area contributed by atoms with E-state index < -0.39 is 12.0 Å². The van der Waals surface area contributed by atoms with Crippen molar-refractivity contribution < 1.29 is 15.0 Å². The number of benzene rings is 1. The maximum Gasteiger partial charge on any atom is 0.320 e. The minimum Gasteiger partial charge on any atom is -0.508 e. The molecule has 0 aliphatic heterocycles. The maximum atomic E-state index is 10.4. The molecule has 0 fully saturated rings. The zero-order valence-electron chi connectivity index (χ0n) is 7.38. The summed E-state index contributed by atoms with van der Waals surface area (Å²) in [4.78, 5) is 10.4. The maximum absolute atomic E-state index is 10.4. The molecule has 14 heavy (non-hydrogen) atoms. The predicted octanol–water partition coefficient (Wildman–Crippen LogP) is -0.0342. The Morgan fingerprint density at radius 3 is 2.29 bits per heavy atom. The van der Waals surface area contributed by atoms with Crippen molar-refractivity contribution in [3.05, 3.63) is 29.8 Å². The van der Waals surface area contributed by atoms with Crippen molar-refractivity contribution in [3.63, 3.8) is 0 Å². The van der Waals surface area contributed by atoms with Crippen LogP contribution in [0.4, 0.5) is 0 Å². The second-order valence-corrected chi connectivity index (χ2v) is 2.82. The van der Waals surface area contributed by atoms with Gasteiger partial charge < -0.3 is 15.9 Å². The third-order valence-electron chi connectivity index (χ3n) is 1.71. The Kier molecular flexibility index (Phi) is 5.23. The number of phenols is 1. The summed E-state index contributed by atoms with van der Waals surface area (Å²) in [6, 6.07) is 5.42. The first-order valence-electron chi connectivity index (χ1n) is 3.86. The Morgan fingerprint density at radius 1 is 1.36 bits per heavy atom. The van der Waals surface area contributed by atoms with E-state index in [4.69, 9.17) is 15.9 Å². The van der Waals surface area contributed by atoms with E-state index >= 15 is 0 Å². The van der Waals surface area contributed by atoms with Crippen LogP contribution in [0.5, 0.6) is 5.75 Å². The smallest absolute Gasteiger partial charge is 0.320 e. The number of nitrogens with two attached hydrogens (primary N) is 1. The summed E-state index contributed by atoms with van der Waals surface area (Å²) in [5.74, 6) is -0.860. The molecular formula is C9H11NO3Se. The number of hydrogen-bond donors (Lipinski definition) is 3. The van der Waals surface area contributed by atoms with Gasteiger partial charge in [0.25, 0.3) is 0 Å². The molecule has 0 spiro atoms. The van der Waals surface area contributed by atoms with Crippen molar-refractivity contribution in [2.24, 2.45) is 5.73 Å². The van der Waals surface area contributed by atoms with Crippen molar-refractivity contribution in [1.82, 2.24) is 0 Å². The molecule has 0 aromatic heterocycles. The Labute approximate surface area is 92.2 Å². The summed E-state index contributed by atoms with van der Waals surface area (Å²) in [6.45, 7) is 0. The number of hydrogen-bond acceptors (Lipinski definition) is 3. The molecule has 0 heterocycles. The second-order valence-electron chi connectivity index (χ2n) is 2.82. The number of carboxylic acids is 1. The number of phenolic OH excluding ortho intramolecular Hbond substituents is 1. The zero-order chi connectivity index (χ0) is 9.84. The molecule has 0 amide bonds. The zero-order valence-corrected chi connectivity index (χ0v) is 9.10. The average Bonchev–Trinajstić information content (AvgIpc) is 2.08. The number of aromatic hydroxyl groups is 1. The van der Waals surface area contributed by atoms with E-state index in [0.29, 0.717) is 0 Å². The molecule has 1 aromatic carbocycles. The van der Waals surface area contributed by atoms with Crippen LogP contribution >= 0.6 is 0 Å². The van der Waals surface area contributed by atoms with Gasteiger partial charge in [-0.25, -0.2) is 0 Å². The van der Waals surface area contributed by atoms with Crippen LogP contribution in [-0.2, 0) is 11.2 Å². The quantitative estimate of drug-likeness (QED) is 0.666. The Balaban J connectivity index is 0.00000169. The minimum atomic E-state index is -1.02. The molecule has 0 saturated carbocycles. The SMILES string of the molecule is N[C@@H](Cc1ccc(O)cc1)C(=O)O.[Se]. The van der Waals surface area contributed by atoms with Gasteiger partial charge in [0.1, 0.15) is 11.8 Å². The molecule has 4 N–H and O–H groups in total. The molecule has 0 aliphatic rings. The number of carbonyl (C=O) groups is 1. The topological polar surface area (TPSA) is 83.5 Å². The van der Waals surface area contributed by atoms with Crippen LogP contribution in [0.25, 0.3) is 0 Å². The van der Waals surface area contributed by atoms with Crippen molar-refractivity contribution in [3.8, 4) is 5.75 Å². The molecule has 5 heteroatoms. The summed E-state index contributed by atoms with van der Waals surface area (Å²) < 4.78 is 0. The van der Waals surface area contributed by atoms with E-state index in [0.717, 1.165) is 5.56 Å². The summed E-state index contributed by atoms with van der Waals surface area (Å²) in [5, 5.41) is 17.5. The van der Waals surface area contributed by atoms with Gasteiger partial charge in [-0.2, -0.15) is 0 Å². The predicted molar refractivity (Wildman–Crippen MR) is 53.2 cm³/mol. The van der Waals surface area contributed by atoms with E-state index in [2.05, 4.69) is 0 Å².